The van der Waals surface area contributed by atoms with Crippen molar-refractivity contribution in [3.05, 3.63) is 12.2 Å². The third-order valence-corrected chi connectivity index (χ3v) is 2.97. The van der Waals surface area contributed by atoms with Gasteiger partial charge in [-0.2, -0.15) is 4.98 Å². The number of nitrogens with one attached hydrogen (secondary N) is 1. The highest BCUT2D eigenvalue weighted by atomic mass is 16.5. The Bertz CT molecular complexity index is 304. The van der Waals surface area contributed by atoms with Gasteiger partial charge in [0, 0.05) is 32.6 Å². The molecule has 1 saturated heterocycles. The second-order valence-electron chi connectivity index (χ2n) is 4.19. The molecule has 2 rings (SSSR count). The van der Waals surface area contributed by atoms with E-state index in [4.69, 9.17) is 4.74 Å². The second kappa shape index (κ2) is 6.68. The van der Waals surface area contributed by atoms with Crippen LogP contribution in [0.1, 0.15) is 12.7 Å². The highest BCUT2D eigenvalue weighted by molar-refractivity contribution is 4.79. The summed E-state index contributed by atoms with van der Waals surface area (Å²) in [6.07, 6.45) is 2.45. The third-order valence-electron chi connectivity index (χ3n) is 2.97. The van der Waals surface area contributed by atoms with Crippen LogP contribution in [0, 0.1) is 0 Å². The molecule has 6 heteroatoms. The number of aromatic nitrogens is 2. The number of likely N-dealkylation sites (N-methyl/N-ethyl adjacent to an activating group) is 1. The van der Waals surface area contributed by atoms with E-state index in [-0.39, 0.29) is 0 Å². The van der Waals surface area contributed by atoms with Gasteiger partial charge in [-0.05, 0) is 6.54 Å². The minimum absolute atomic E-state index is 0.300. The first-order valence-corrected chi connectivity index (χ1v) is 6.18. The molecule has 0 aromatic carbocycles. The van der Waals surface area contributed by atoms with Crippen LogP contribution in [0.5, 0.6) is 0 Å². The molecule has 0 bridgehead atoms. The van der Waals surface area contributed by atoms with E-state index in [9.17, 15) is 0 Å². The van der Waals surface area contributed by atoms with E-state index in [0.717, 1.165) is 51.6 Å². The predicted molar refractivity (Wildman–Crippen MR) is 62.7 cm³/mol. The SMILES string of the molecule is CCN1CCOC(CNCCc2ncon2)C1. The Morgan fingerprint density at radius 1 is 1.59 bits per heavy atom. The van der Waals surface area contributed by atoms with Crippen molar-refractivity contribution in [3.63, 3.8) is 0 Å². The predicted octanol–water partition coefficient (Wildman–Crippen LogP) is -0.0776. The van der Waals surface area contributed by atoms with Gasteiger partial charge in [0.2, 0.25) is 6.39 Å². The van der Waals surface area contributed by atoms with E-state index >= 15 is 0 Å². The van der Waals surface area contributed by atoms with Crippen LogP contribution < -0.4 is 5.32 Å². The Balaban J connectivity index is 1.58. The zero-order valence-electron chi connectivity index (χ0n) is 10.3. The first kappa shape index (κ1) is 12.5. The van der Waals surface area contributed by atoms with Crippen molar-refractivity contribution in [3.8, 4) is 0 Å². The van der Waals surface area contributed by atoms with E-state index in [0.29, 0.717) is 6.10 Å². The third kappa shape index (κ3) is 4.07. The van der Waals surface area contributed by atoms with Gasteiger partial charge in [-0.25, -0.2) is 0 Å². The summed E-state index contributed by atoms with van der Waals surface area (Å²) in [5.41, 5.74) is 0. The molecule has 1 aliphatic rings. The molecule has 1 atom stereocenters. The fraction of sp³-hybridized carbons (Fsp3) is 0.818. The number of hydrogen-bond donors (Lipinski definition) is 1. The molecule has 0 aliphatic carbocycles. The van der Waals surface area contributed by atoms with Crippen LogP contribution in [0.25, 0.3) is 0 Å². The van der Waals surface area contributed by atoms with Gasteiger partial charge >= 0.3 is 0 Å². The number of hydrogen-bond acceptors (Lipinski definition) is 6. The van der Waals surface area contributed by atoms with Crippen molar-refractivity contribution in [2.45, 2.75) is 19.4 Å². The maximum absolute atomic E-state index is 5.69. The van der Waals surface area contributed by atoms with Crippen LogP contribution in [0.3, 0.4) is 0 Å². The Kier molecular flexibility index (Phi) is 4.90. The lowest BCUT2D eigenvalue weighted by Gasteiger charge is -2.32. The molecule has 6 nitrogen and oxygen atoms in total. The molecule has 96 valence electrons. The maximum atomic E-state index is 5.69. The molecule has 1 aromatic heterocycles. The number of rotatable bonds is 6. The molecule has 1 aliphatic heterocycles. The Hall–Kier alpha value is -0.980. The fourth-order valence-corrected chi connectivity index (χ4v) is 1.96. The molecule has 2 heterocycles. The van der Waals surface area contributed by atoms with Crippen LogP contribution in [-0.2, 0) is 11.2 Å². The molecule has 0 amide bonds. The molecule has 1 fully saturated rings. The number of morpholine rings is 1. The summed E-state index contributed by atoms with van der Waals surface area (Å²) in [4.78, 5) is 6.38. The Labute approximate surface area is 101 Å². The molecule has 0 saturated carbocycles. The van der Waals surface area contributed by atoms with Gasteiger partial charge in [0.25, 0.3) is 0 Å². The maximum Gasteiger partial charge on any atom is 0.213 e. The van der Waals surface area contributed by atoms with Crippen LogP contribution in [0.2, 0.25) is 0 Å². The van der Waals surface area contributed by atoms with E-state index in [1.54, 1.807) is 0 Å². The first-order chi connectivity index (χ1) is 8.38. The Morgan fingerprint density at radius 3 is 3.29 bits per heavy atom. The zero-order valence-corrected chi connectivity index (χ0v) is 10.3. The van der Waals surface area contributed by atoms with Gasteiger partial charge in [0.15, 0.2) is 5.82 Å². The van der Waals surface area contributed by atoms with Crippen molar-refractivity contribution in [1.29, 1.82) is 0 Å². The largest absolute Gasteiger partial charge is 0.374 e. The first-order valence-electron chi connectivity index (χ1n) is 6.18. The smallest absolute Gasteiger partial charge is 0.213 e. The van der Waals surface area contributed by atoms with Gasteiger partial charge in [-0.15, -0.1) is 0 Å². The van der Waals surface area contributed by atoms with Gasteiger partial charge in [-0.3, -0.25) is 4.90 Å². The quantitative estimate of drug-likeness (QED) is 0.702. The summed E-state index contributed by atoms with van der Waals surface area (Å²) >= 11 is 0. The molecule has 1 N–H and O–H groups in total. The molecule has 0 spiro atoms. The summed E-state index contributed by atoms with van der Waals surface area (Å²) in [5.74, 6) is 0.747. The highest BCUT2D eigenvalue weighted by Crippen LogP contribution is 2.03. The lowest BCUT2D eigenvalue weighted by molar-refractivity contribution is -0.0251. The van der Waals surface area contributed by atoms with E-state index < -0.39 is 0 Å². The molecular weight excluding hydrogens is 220 g/mol. The molecule has 17 heavy (non-hydrogen) atoms. The lowest BCUT2D eigenvalue weighted by atomic mass is 10.2. The summed E-state index contributed by atoms with van der Waals surface area (Å²) in [5, 5.41) is 7.12. The van der Waals surface area contributed by atoms with Crippen molar-refractivity contribution in [2.75, 3.05) is 39.3 Å². The van der Waals surface area contributed by atoms with Gasteiger partial charge in [0.1, 0.15) is 0 Å². The van der Waals surface area contributed by atoms with E-state index in [1.807, 2.05) is 0 Å². The minimum Gasteiger partial charge on any atom is -0.374 e. The van der Waals surface area contributed by atoms with Crippen LogP contribution in [-0.4, -0.2) is 60.5 Å². The summed E-state index contributed by atoms with van der Waals surface area (Å²) in [6.45, 7) is 7.93. The van der Waals surface area contributed by atoms with Crippen molar-refractivity contribution >= 4 is 0 Å². The molecule has 0 radical (unpaired) electrons. The minimum atomic E-state index is 0.300. The van der Waals surface area contributed by atoms with Crippen molar-refractivity contribution < 1.29 is 9.26 Å². The van der Waals surface area contributed by atoms with Gasteiger partial charge in [-0.1, -0.05) is 12.1 Å². The van der Waals surface area contributed by atoms with E-state index in [1.165, 1.54) is 6.39 Å². The molecule has 1 unspecified atom stereocenters. The fourth-order valence-electron chi connectivity index (χ4n) is 1.96. The zero-order chi connectivity index (χ0) is 11.9. The summed E-state index contributed by atoms with van der Waals surface area (Å²) in [7, 11) is 0. The standard InChI is InChI=1S/C11H20N4O2/c1-2-15-5-6-16-10(8-15)7-12-4-3-11-13-9-17-14-11/h9-10,12H,2-8H2,1H3. The average molecular weight is 240 g/mol. The second-order valence-corrected chi connectivity index (χ2v) is 4.19. The monoisotopic (exact) mass is 240 g/mol. The number of nitrogens with zero attached hydrogens (tertiary/aromatic N) is 3. The van der Waals surface area contributed by atoms with Crippen LogP contribution in [0.15, 0.2) is 10.9 Å². The summed E-state index contributed by atoms with van der Waals surface area (Å²) in [6, 6.07) is 0. The van der Waals surface area contributed by atoms with Crippen LogP contribution in [0.4, 0.5) is 0 Å². The highest BCUT2D eigenvalue weighted by Gasteiger charge is 2.18. The van der Waals surface area contributed by atoms with E-state index in [2.05, 4.69) is 31.8 Å². The summed E-state index contributed by atoms with van der Waals surface area (Å²) < 4.78 is 10.4. The average Bonchev–Trinajstić information content (AvgIpc) is 2.88. The number of ether oxygens (including phenoxy) is 1. The normalized spacial score (nSPS) is 21.8. The Morgan fingerprint density at radius 2 is 2.53 bits per heavy atom. The van der Waals surface area contributed by atoms with Gasteiger partial charge in [0.05, 0.1) is 12.7 Å². The van der Waals surface area contributed by atoms with Crippen molar-refractivity contribution in [1.82, 2.24) is 20.4 Å². The van der Waals surface area contributed by atoms with Crippen molar-refractivity contribution in [2.24, 2.45) is 0 Å². The van der Waals surface area contributed by atoms with Crippen LogP contribution >= 0.6 is 0 Å². The van der Waals surface area contributed by atoms with Gasteiger partial charge < -0.3 is 14.6 Å². The molecular formula is C11H20N4O2. The topological polar surface area (TPSA) is 63.4 Å². The molecule has 1 aromatic rings. The lowest BCUT2D eigenvalue weighted by Crippen LogP contribution is -2.46.